The minimum absolute atomic E-state index is 0.0233. The fourth-order valence-corrected chi connectivity index (χ4v) is 4.58. The Morgan fingerprint density at radius 2 is 1.79 bits per heavy atom. The van der Waals surface area contributed by atoms with Crippen LogP contribution in [0.5, 0.6) is 5.75 Å². The maximum atomic E-state index is 13.4. The summed E-state index contributed by atoms with van der Waals surface area (Å²) in [6.07, 6.45) is 1.40. The number of carbonyl (C=O) groups excluding carboxylic acids is 2. The van der Waals surface area contributed by atoms with Crippen LogP contribution >= 0.6 is 0 Å². The summed E-state index contributed by atoms with van der Waals surface area (Å²) in [4.78, 5) is 29.7. The third kappa shape index (κ3) is 5.87. The lowest BCUT2D eigenvalue weighted by molar-refractivity contribution is -0.147. The zero-order chi connectivity index (χ0) is 24.8. The van der Waals surface area contributed by atoms with Crippen LogP contribution < -0.4 is 4.74 Å². The van der Waals surface area contributed by atoms with E-state index in [1.165, 1.54) is 18.1 Å². The van der Waals surface area contributed by atoms with Crippen LogP contribution in [0.4, 0.5) is 0 Å². The highest BCUT2D eigenvalue weighted by Gasteiger charge is 2.34. The lowest BCUT2D eigenvalue weighted by Crippen LogP contribution is -2.47. The van der Waals surface area contributed by atoms with Gasteiger partial charge in [-0.1, -0.05) is 6.92 Å². The van der Waals surface area contributed by atoms with Gasteiger partial charge in [0.1, 0.15) is 18.5 Å². The van der Waals surface area contributed by atoms with Crippen molar-refractivity contribution in [2.24, 2.45) is 5.92 Å². The number of amides is 2. The molecule has 0 unspecified atom stereocenters. The van der Waals surface area contributed by atoms with Crippen molar-refractivity contribution in [2.75, 3.05) is 48.0 Å². The van der Waals surface area contributed by atoms with Gasteiger partial charge in [-0.15, -0.1) is 0 Å². The maximum Gasteiger partial charge on any atom is 0.257 e. The number of hydrogen-bond donors (Lipinski definition) is 0. The first-order valence-corrected chi connectivity index (χ1v) is 11.7. The summed E-state index contributed by atoms with van der Waals surface area (Å²) in [5.41, 5.74) is 0.636. The fourth-order valence-electron chi connectivity index (χ4n) is 4.58. The van der Waals surface area contributed by atoms with Crippen LogP contribution in [0.25, 0.3) is 0 Å². The summed E-state index contributed by atoms with van der Waals surface area (Å²) < 4.78 is 23.6. The van der Waals surface area contributed by atoms with Crippen LogP contribution in [0.1, 0.15) is 42.1 Å². The van der Waals surface area contributed by atoms with E-state index in [1.54, 1.807) is 38.2 Å². The first-order valence-electron chi connectivity index (χ1n) is 11.7. The highest BCUT2D eigenvalue weighted by Crippen LogP contribution is 2.28. The molecule has 2 aliphatic heterocycles. The number of benzene rings is 1. The topological polar surface area (TPSA) is 101 Å². The molecule has 9 heteroatoms. The SMILES string of the molecule is CO[C@H]1CC[C@@H]2CCN(C)C(=O)[C@H](C)[C@H](OC)CN(C)C(=O)c3cc(C#N)ccc3OC[C@H]1O2. The van der Waals surface area contributed by atoms with E-state index < -0.39 is 12.0 Å². The standard InChI is InChI=1S/C25H35N3O6/c1-16-22(32-5)14-28(3)25(30)19-12-17(13-26)6-8-20(19)33-15-23-21(31-4)9-7-18(34-23)10-11-27(2)24(16)29/h6,8,12,16,18,21-23H,7,9-11,14-15H2,1-5H3/t16-,18-,21+,22-,23-/m1/s1. The number of nitrogens with zero attached hydrogens (tertiary/aromatic N) is 3. The summed E-state index contributed by atoms with van der Waals surface area (Å²) in [7, 11) is 6.62. The van der Waals surface area contributed by atoms with E-state index in [9.17, 15) is 14.9 Å². The molecule has 1 fully saturated rings. The molecule has 2 heterocycles. The van der Waals surface area contributed by atoms with Crippen LogP contribution in [0.2, 0.25) is 0 Å². The molecule has 0 radical (unpaired) electrons. The van der Waals surface area contributed by atoms with Gasteiger partial charge in [0.15, 0.2) is 0 Å². The number of likely N-dealkylation sites (N-methyl/N-ethyl adjacent to an activating group) is 1. The van der Waals surface area contributed by atoms with Gasteiger partial charge in [0.25, 0.3) is 5.91 Å². The molecular formula is C25H35N3O6. The molecule has 0 aliphatic carbocycles. The van der Waals surface area contributed by atoms with Crippen molar-refractivity contribution >= 4 is 11.8 Å². The minimum atomic E-state index is -0.488. The van der Waals surface area contributed by atoms with Gasteiger partial charge in [-0.3, -0.25) is 9.59 Å². The number of methoxy groups -OCH3 is 2. The van der Waals surface area contributed by atoms with Crippen LogP contribution in [0, 0.1) is 17.2 Å². The second-order valence-corrected chi connectivity index (χ2v) is 9.08. The summed E-state index contributed by atoms with van der Waals surface area (Å²) in [5, 5.41) is 9.36. The zero-order valence-electron chi connectivity index (χ0n) is 20.7. The fraction of sp³-hybridized carbons (Fsp3) is 0.640. The molecule has 3 rings (SSSR count). The number of hydrogen-bond acceptors (Lipinski definition) is 7. The van der Waals surface area contributed by atoms with Gasteiger partial charge in [0, 0.05) is 41.4 Å². The molecule has 0 N–H and O–H groups in total. The molecule has 5 atom stereocenters. The molecule has 1 aromatic carbocycles. The van der Waals surface area contributed by atoms with Crippen LogP contribution in [-0.2, 0) is 19.0 Å². The normalized spacial score (nSPS) is 29.2. The van der Waals surface area contributed by atoms with Crippen molar-refractivity contribution in [1.82, 2.24) is 9.80 Å². The molecule has 34 heavy (non-hydrogen) atoms. The Kier molecular flexibility index (Phi) is 8.89. The van der Waals surface area contributed by atoms with Crippen molar-refractivity contribution in [3.05, 3.63) is 29.3 Å². The minimum Gasteiger partial charge on any atom is -0.490 e. The lowest BCUT2D eigenvalue weighted by Gasteiger charge is -2.37. The predicted molar refractivity (Wildman–Crippen MR) is 125 cm³/mol. The molecule has 0 aromatic heterocycles. The second kappa shape index (κ2) is 11.6. The highest BCUT2D eigenvalue weighted by atomic mass is 16.6. The van der Waals surface area contributed by atoms with Gasteiger partial charge >= 0.3 is 0 Å². The van der Waals surface area contributed by atoms with E-state index in [4.69, 9.17) is 18.9 Å². The largest absolute Gasteiger partial charge is 0.490 e. The van der Waals surface area contributed by atoms with Gasteiger partial charge in [-0.05, 0) is 37.5 Å². The van der Waals surface area contributed by atoms with Crippen molar-refractivity contribution in [3.63, 3.8) is 0 Å². The first-order chi connectivity index (χ1) is 16.3. The third-order valence-corrected chi connectivity index (χ3v) is 6.81. The van der Waals surface area contributed by atoms with Gasteiger partial charge < -0.3 is 28.7 Å². The maximum absolute atomic E-state index is 13.4. The smallest absolute Gasteiger partial charge is 0.257 e. The Hall–Kier alpha value is -2.67. The van der Waals surface area contributed by atoms with E-state index in [0.717, 1.165) is 12.8 Å². The van der Waals surface area contributed by atoms with E-state index >= 15 is 0 Å². The zero-order valence-corrected chi connectivity index (χ0v) is 20.7. The molecule has 186 valence electrons. The molecule has 0 spiro atoms. The van der Waals surface area contributed by atoms with Crippen molar-refractivity contribution in [3.8, 4) is 11.8 Å². The average Bonchev–Trinajstić information content (AvgIpc) is 2.86. The molecule has 1 aromatic rings. The number of fused-ring (bicyclic) bond motifs is 3. The quantitative estimate of drug-likeness (QED) is 0.648. The number of rotatable bonds is 2. The van der Waals surface area contributed by atoms with Gasteiger partial charge in [0.2, 0.25) is 5.91 Å². The Morgan fingerprint density at radius 1 is 1.06 bits per heavy atom. The Labute approximate surface area is 201 Å². The molecular weight excluding hydrogens is 438 g/mol. The van der Waals surface area contributed by atoms with Crippen molar-refractivity contribution in [2.45, 2.75) is 50.6 Å². The van der Waals surface area contributed by atoms with Gasteiger partial charge in [-0.2, -0.15) is 5.26 Å². The van der Waals surface area contributed by atoms with E-state index in [1.807, 2.05) is 6.92 Å². The molecule has 0 saturated carbocycles. The number of nitriles is 1. The highest BCUT2D eigenvalue weighted by molar-refractivity contribution is 5.97. The first kappa shape index (κ1) is 25.9. The summed E-state index contributed by atoms with van der Waals surface area (Å²) in [6.45, 7) is 2.80. The molecule has 2 amide bonds. The molecule has 2 bridgehead atoms. The molecule has 1 saturated heterocycles. The summed E-state index contributed by atoms with van der Waals surface area (Å²) in [5.74, 6) is -0.434. The second-order valence-electron chi connectivity index (χ2n) is 9.08. The van der Waals surface area contributed by atoms with Gasteiger partial charge in [-0.25, -0.2) is 0 Å². The Morgan fingerprint density at radius 3 is 2.47 bits per heavy atom. The molecule has 2 aliphatic rings. The van der Waals surface area contributed by atoms with Crippen LogP contribution in [0.3, 0.4) is 0 Å². The Balaban J connectivity index is 1.96. The number of carbonyl (C=O) groups is 2. The monoisotopic (exact) mass is 473 g/mol. The average molecular weight is 474 g/mol. The van der Waals surface area contributed by atoms with Crippen LogP contribution in [-0.4, -0.2) is 94.0 Å². The van der Waals surface area contributed by atoms with Gasteiger partial charge in [0.05, 0.1) is 41.4 Å². The van der Waals surface area contributed by atoms with E-state index in [-0.39, 0.29) is 48.8 Å². The lowest BCUT2D eigenvalue weighted by atomic mass is 9.98. The number of ether oxygens (including phenoxy) is 4. The Bertz CT molecular complexity index is 916. The van der Waals surface area contributed by atoms with Crippen molar-refractivity contribution in [1.29, 1.82) is 5.26 Å². The summed E-state index contributed by atoms with van der Waals surface area (Å²) in [6, 6.07) is 6.86. The van der Waals surface area contributed by atoms with E-state index in [0.29, 0.717) is 24.3 Å². The van der Waals surface area contributed by atoms with E-state index in [2.05, 4.69) is 6.07 Å². The van der Waals surface area contributed by atoms with Crippen molar-refractivity contribution < 1.29 is 28.5 Å². The molecule has 9 nitrogen and oxygen atoms in total. The summed E-state index contributed by atoms with van der Waals surface area (Å²) >= 11 is 0. The predicted octanol–water partition coefficient (Wildman–Crippen LogP) is 2.08. The third-order valence-electron chi connectivity index (χ3n) is 6.81. The van der Waals surface area contributed by atoms with Crippen LogP contribution in [0.15, 0.2) is 18.2 Å².